The zero-order chi connectivity index (χ0) is 6.69. The monoisotopic (exact) mass is 130 g/mol. The van der Waals surface area contributed by atoms with Gasteiger partial charge in [-0.2, -0.15) is 0 Å². The smallest absolute Gasteiger partial charge is 0.181 e. The normalized spacial score (nSPS) is 34.8. The van der Waals surface area contributed by atoms with E-state index in [-0.39, 0.29) is 12.9 Å². The van der Waals surface area contributed by atoms with E-state index in [2.05, 4.69) is 6.58 Å². The summed E-state index contributed by atoms with van der Waals surface area (Å²) in [5.74, 6) is 0. The number of ether oxygens (including phenoxy) is 2. The predicted octanol–water partition coefficient (Wildman–Crippen LogP) is 0.254. The Hall–Kier alpha value is -0.380. The molecule has 1 aliphatic heterocycles. The summed E-state index contributed by atoms with van der Waals surface area (Å²) in [5.41, 5.74) is 0. The molecule has 0 spiro atoms. The van der Waals surface area contributed by atoms with Gasteiger partial charge >= 0.3 is 0 Å². The summed E-state index contributed by atoms with van der Waals surface area (Å²) >= 11 is 0. The summed E-state index contributed by atoms with van der Waals surface area (Å²) in [6, 6.07) is 0. The van der Waals surface area contributed by atoms with Gasteiger partial charge in [-0.15, -0.1) is 6.58 Å². The fourth-order valence-corrected chi connectivity index (χ4v) is 0.703. The van der Waals surface area contributed by atoms with Crippen molar-refractivity contribution in [1.29, 1.82) is 0 Å². The van der Waals surface area contributed by atoms with Crippen molar-refractivity contribution < 1.29 is 14.6 Å². The Morgan fingerprint density at radius 2 is 2.56 bits per heavy atom. The zero-order valence-corrected chi connectivity index (χ0v) is 5.12. The molecule has 0 aromatic carbocycles. The SMILES string of the molecule is C=CCC1OCC(O)O1. The van der Waals surface area contributed by atoms with Gasteiger partial charge in [-0.3, -0.25) is 0 Å². The maximum absolute atomic E-state index is 8.74. The highest BCUT2D eigenvalue weighted by molar-refractivity contribution is 4.70. The quantitative estimate of drug-likeness (QED) is 0.545. The van der Waals surface area contributed by atoms with Crippen LogP contribution in [0.4, 0.5) is 0 Å². The molecule has 1 rings (SSSR count). The molecule has 0 aliphatic carbocycles. The van der Waals surface area contributed by atoms with Gasteiger partial charge in [0.05, 0.1) is 0 Å². The number of rotatable bonds is 2. The summed E-state index contributed by atoms with van der Waals surface area (Å²) in [5, 5.41) is 8.74. The lowest BCUT2D eigenvalue weighted by molar-refractivity contribution is -0.111. The minimum absolute atomic E-state index is 0.276. The molecule has 2 atom stereocenters. The van der Waals surface area contributed by atoms with E-state index >= 15 is 0 Å². The van der Waals surface area contributed by atoms with Gasteiger partial charge in [-0.25, -0.2) is 0 Å². The summed E-state index contributed by atoms with van der Waals surface area (Å²) in [4.78, 5) is 0. The summed E-state index contributed by atoms with van der Waals surface area (Å²) in [6.45, 7) is 3.78. The van der Waals surface area contributed by atoms with Gasteiger partial charge in [-0.05, 0) is 0 Å². The van der Waals surface area contributed by atoms with Gasteiger partial charge in [0.15, 0.2) is 12.6 Å². The predicted molar refractivity (Wildman–Crippen MR) is 31.6 cm³/mol. The van der Waals surface area contributed by atoms with Crippen LogP contribution in [0.3, 0.4) is 0 Å². The second-order valence-corrected chi connectivity index (χ2v) is 1.88. The lowest BCUT2D eigenvalue weighted by atomic mass is 10.4. The molecular weight excluding hydrogens is 120 g/mol. The molecule has 0 aromatic rings. The van der Waals surface area contributed by atoms with Crippen LogP contribution in [0.15, 0.2) is 12.7 Å². The molecule has 1 heterocycles. The third-order valence-corrected chi connectivity index (χ3v) is 1.09. The molecule has 9 heavy (non-hydrogen) atoms. The highest BCUT2D eigenvalue weighted by Crippen LogP contribution is 2.11. The Bertz CT molecular complexity index is 102. The first-order valence-corrected chi connectivity index (χ1v) is 2.89. The van der Waals surface area contributed by atoms with Crippen LogP contribution in [0.25, 0.3) is 0 Å². The number of hydrogen-bond donors (Lipinski definition) is 1. The minimum atomic E-state index is -0.741. The van der Waals surface area contributed by atoms with Crippen molar-refractivity contribution in [2.75, 3.05) is 6.61 Å². The van der Waals surface area contributed by atoms with Crippen LogP contribution in [0.5, 0.6) is 0 Å². The number of hydrogen-bond acceptors (Lipinski definition) is 3. The van der Waals surface area contributed by atoms with Gasteiger partial charge in [0, 0.05) is 6.42 Å². The average molecular weight is 130 g/mol. The summed E-state index contributed by atoms with van der Waals surface area (Å²) in [6.07, 6.45) is 1.31. The fourth-order valence-electron chi connectivity index (χ4n) is 0.703. The van der Waals surface area contributed by atoms with Crippen molar-refractivity contribution in [2.24, 2.45) is 0 Å². The summed E-state index contributed by atoms with van der Waals surface area (Å²) < 4.78 is 9.83. The van der Waals surface area contributed by atoms with Crippen LogP contribution in [0.2, 0.25) is 0 Å². The van der Waals surface area contributed by atoms with Crippen LogP contribution >= 0.6 is 0 Å². The van der Waals surface area contributed by atoms with Crippen molar-refractivity contribution in [3.63, 3.8) is 0 Å². The van der Waals surface area contributed by atoms with Crippen LogP contribution in [0, 0.1) is 0 Å². The molecule has 1 fully saturated rings. The fraction of sp³-hybridized carbons (Fsp3) is 0.667. The van der Waals surface area contributed by atoms with E-state index in [1.807, 2.05) is 0 Å². The average Bonchev–Trinajstić information content (AvgIpc) is 2.17. The van der Waals surface area contributed by atoms with Crippen molar-refractivity contribution in [3.8, 4) is 0 Å². The molecule has 0 aromatic heterocycles. The van der Waals surface area contributed by atoms with Gasteiger partial charge in [0.1, 0.15) is 6.61 Å². The Morgan fingerprint density at radius 3 is 3.00 bits per heavy atom. The van der Waals surface area contributed by atoms with Gasteiger partial charge in [0.25, 0.3) is 0 Å². The first kappa shape index (κ1) is 6.74. The highest BCUT2D eigenvalue weighted by atomic mass is 16.8. The van der Waals surface area contributed by atoms with Gasteiger partial charge in [-0.1, -0.05) is 6.08 Å². The van der Waals surface area contributed by atoms with E-state index in [9.17, 15) is 0 Å². The highest BCUT2D eigenvalue weighted by Gasteiger charge is 2.21. The Morgan fingerprint density at radius 1 is 1.78 bits per heavy atom. The molecule has 0 saturated carbocycles. The van der Waals surface area contributed by atoms with Crippen LogP contribution in [-0.2, 0) is 9.47 Å². The van der Waals surface area contributed by atoms with Crippen molar-refractivity contribution >= 4 is 0 Å². The first-order valence-electron chi connectivity index (χ1n) is 2.89. The Balaban J connectivity index is 2.21. The molecule has 0 radical (unpaired) electrons. The lowest BCUT2D eigenvalue weighted by Gasteiger charge is -2.03. The Kier molecular flexibility index (Phi) is 2.22. The minimum Gasteiger partial charge on any atom is -0.366 e. The van der Waals surface area contributed by atoms with Crippen molar-refractivity contribution in [1.82, 2.24) is 0 Å². The summed E-state index contributed by atoms with van der Waals surface area (Å²) in [7, 11) is 0. The first-order chi connectivity index (χ1) is 4.33. The molecule has 1 aliphatic rings. The number of aliphatic hydroxyl groups is 1. The molecule has 2 unspecified atom stereocenters. The van der Waals surface area contributed by atoms with E-state index in [4.69, 9.17) is 14.6 Å². The second-order valence-electron chi connectivity index (χ2n) is 1.88. The van der Waals surface area contributed by atoms with Crippen molar-refractivity contribution in [3.05, 3.63) is 12.7 Å². The van der Waals surface area contributed by atoms with E-state index < -0.39 is 6.29 Å². The third kappa shape index (κ3) is 1.78. The van der Waals surface area contributed by atoms with E-state index in [0.29, 0.717) is 6.42 Å². The van der Waals surface area contributed by atoms with Gasteiger partial charge < -0.3 is 14.6 Å². The topological polar surface area (TPSA) is 38.7 Å². The molecule has 0 bridgehead atoms. The largest absolute Gasteiger partial charge is 0.366 e. The maximum atomic E-state index is 8.74. The molecular formula is C6H10O3. The van der Waals surface area contributed by atoms with E-state index in [0.717, 1.165) is 0 Å². The molecule has 52 valence electrons. The standard InChI is InChI=1S/C6H10O3/c1-2-3-6-8-4-5(7)9-6/h2,5-7H,1,3-4H2. The molecule has 0 amide bonds. The van der Waals surface area contributed by atoms with Gasteiger partial charge in [0.2, 0.25) is 0 Å². The maximum Gasteiger partial charge on any atom is 0.181 e. The lowest BCUT2D eigenvalue weighted by Crippen LogP contribution is -2.09. The third-order valence-electron chi connectivity index (χ3n) is 1.09. The Labute approximate surface area is 53.9 Å². The molecule has 3 heteroatoms. The molecule has 1 saturated heterocycles. The van der Waals surface area contributed by atoms with E-state index in [1.54, 1.807) is 6.08 Å². The molecule has 3 nitrogen and oxygen atoms in total. The second kappa shape index (κ2) is 2.96. The zero-order valence-electron chi connectivity index (χ0n) is 5.12. The molecule has 1 N–H and O–H groups in total. The van der Waals surface area contributed by atoms with Crippen LogP contribution in [0.1, 0.15) is 6.42 Å². The van der Waals surface area contributed by atoms with E-state index in [1.165, 1.54) is 0 Å². The number of aliphatic hydroxyl groups excluding tert-OH is 1. The van der Waals surface area contributed by atoms with Crippen molar-refractivity contribution in [2.45, 2.75) is 19.0 Å². The van der Waals surface area contributed by atoms with Crippen LogP contribution < -0.4 is 0 Å². The van der Waals surface area contributed by atoms with Crippen LogP contribution in [-0.4, -0.2) is 24.3 Å².